The monoisotopic (exact) mass is 439 g/mol. The van der Waals surface area contributed by atoms with Crippen molar-refractivity contribution in [2.75, 3.05) is 40.3 Å². The smallest absolute Gasteiger partial charge is 0.222 e. The van der Waals surface area contributed by atoms with E-state index in [2.05, 4.69) is 41.4 Å². The number of amides is 1. The number of hydrogen-bond acceptors (Lipinski definition) is 3. The summed E-state index contributed by atoms with van der Waals surface area (Å²) in [5.41, 5.74) is 0. The van der Waals surface area contributed by atoms with Crippen molar-refractivity contribution in [2.24, 2.45) is 4.99 Å². The van der Waals surface area contributed by atoms with Gasteiger partial charge in [0.15, 0.2) is 5.96 Å². The zero-order valence-corrected chi connectivity index (χ0v) is 17.6. The molecule has 1 rings (SSSR count). The Morgan fingerprint density at radius 3 is 2.70 bits per heavy atom. The van der Waals surface area contributed by atoms with E-state index in [1.165, 1.54) is 0 Å². The summed E-state index contributed by atoms with van der Waals surface area (Å²) in [6.45, 7) is 9.84. The molecule has 0 aromatic carbocycles. The van der Waals surface area contributed by atoms with Crippen LogP contribution in [0.5, 0.6) is 0 Å². The number of halogens is 1. The highest BCUT2D eigenvalue weighted by Crippen LogP contribution is 2.10. The molecule has 0 aliphatic carbocycles. The van der Waals surface area contributed by atoms with Gasteiger partial charge in [0.25, 0.3) is 0 Å². The van der Waals surface area contributed by atoms with E-state index in [1.807, 2.05) is 11.8 Å². The van der Waals surface area contributed by atoms with Crippen LogP contribution in [0.25, 0.3) is 0 Å². The minimum absolute atomic E-state index is 0. The normalized spacial score (nSPS) is 19.5. The number of hydrogen-bond donors (Lipinski definition) is 2. The third-order valence-corrected chi connectivity index (χ3v) is 4.51. The van der Waals surface area contributed by atoms with Gasteiger partial charge in [0.1, 0.15) is 0 Å². The molecule has 0 aromatic heterocycles. The zero-order valence-electron chi connectivity index (χ0n) is 15.3. The fourth-order valence-electron chi connectivity index (χ4n) is 2.60. The van der Waals surface area contributed by atoms with Gasteiger partial charge in [0, 0.05) is 51.7 Å². The van der Waals surface area contributed by atoms with E-state index >= 15 is 0 Å². The Balaban J connectivity index is 0.00000484. The minimum atomic E-state index is 0. The molecule has 2 atom stereocenters. The van der Waals surface area contributed by atoms with Gasteiger partial charge in [0.05, 0.1) is 0 Å². The van der Waals surface area contributed by atoms with Crippen molar-refractivity contribution in [3.05, 3.63) is 0 Å². The van der Waals surface area contributed by atoms with E-state index in [-0.39, 0.29) is 29.9 Å². The van der Waals surface area contributed by atoms with Crippen molar-refractivity contribution in [3.8, 4) is 0 Å². The highest BCUT2D eigenvalue weighted by Gasteiger charge is 2.25. The summed E-state index contributed by atoms with van der Waals surface area (Å²) in [6, 6.07) is 0.897. The average Bonchev–Trinajstić information content (AvgIpc) is 3.00. The molecule has 2 unspecified atom stereocenters. The topological polar surface area (TPSA) is 60.0 Å². The van der Waals surface area contributed by atoms with E-state index in [1.54, 1.807) is 7.05 Å². The first-order chi connectivity index (χ1) is 10.5. The number of likely N-dealkylation sites (tertiary alicyclic amines) is 1. The van der Waals surface area contributed by atoms with Gasteiger partial charge in [-0.15, -0.1) is 24.0 Å². The van der Waals surface area contributed by atoms with Crippen LogP contribution in [0.2, 0.25) is 0 Å². The second-order valence-corrected chi connectivity index (χ2v) is 6.06. The average molecular weight is 439 g/mol. The molecule has 2 N–H and O–H groups in total. The molecule has 0 radical (unpaired) electrons. The summed E-state index contributed by atoms with van der Waals surface area (Å²) in [4.78, 5) is 20.3. The quantitative estimate of drug-likeness (QED) is 0.359. The maximum Gasteiger partial charge on any atom is 0.222 e. The Hall–Kier alpha value is -0.570. The molecule has 7 heteroatoms. The molecular formula is C16H34IN5O. The highest BCUT2D eigenvalue weighted by molar-refractivity contribution is 14.0. The lowest BCUT2D eigenvalue weighted by molar-refractivity contribution is -0.129. The van der Waals surface area contributed by atoms with Crippen LogP contribution in [0, 0.1) is 0 Å². The van der Waals surface area contributed by atoms with Crippen LogP contribution in [-0.4, -0.2) is 74.0 Å². The lowest BCUT2D eigenvalue weighted by atomic mass is 10.2. The lowest BCUT2D eigenvalue weighted by Gasteiger charge is -2.24. The van der Waals surface area contributed by atoms with E-state index in [0.29, 0.717) is 18.5 Å². The van der Waals surface area contributed by atoms with E-state index in [4.69, 9.17) is 0 Å². The molecule has 1 amide bonds. The largest absolute Gasteiger partial charge is 0.355 e. The predicted octanol–water partition coefficient (Wildman–Crippen LogP) is 1.51. The summed E-state index contributed by atoms with van der Waals surface area (Å²) in [7, 11) is 3.94. The van der Waals surface area contributed by atoms with Crippen LogP contribution < -0.4 is 10.6 Å². The Morgan fingerprint density at radius 1 is 1.43 bits per heavy atom. The molecule has 136 valence electrons. The molecule has 1 aliphatic rings. The van der Waals surface area contributed by atoms with E-state index in [9.17, 15) is 4.79 Å². The fourth-order valence-corrected chi connectivity index (χ4v) is 2.60. The molecule has 23 heavy (non-hydrogen) atoms. The van der Waals surface area contributed by atoms with Crippen molar-refractivity contribution in [1.82, 2.24) is 20.4 Å². The van der Waals surface area contributed by atoms with Crippen molar-refractivity contribution in [3.63, 3.8) is 0 Å². The molecule has 1 saturated heterocycles. The highest BCUT2D eigenvalue weighted by atomic mass is 127. The fraction of sp³-hybridized carbons (Fsp3) is 0.875. The Bertz CT molecular complexity index is 377. The molecule has 1 fully saturated rings. The Morgan fingerprint density at radius 2 is 2.13 bits per heavy atom. The zero-order chi connectivity index (χ0) is 16.5. The van der Waals surface area contributed by atoms with Gasteiger partial charge in [-0.2, -0.15) is 0 Å². The molecule has 0 aromatic rings. The second-order valence-electron chi connectivity index (χ2n) is 6.06. The maximum absolute atomic E-state index is 11.7. The SMILES string of the molecule is CCC(=O)N1CCC(NC(=NC)NCCN(C)C(C)CC)C1.I. The Kier molecular flexibility index (Phi) is 11.6. The molecule has 0 saturated carbocycles. The lowest BCUT2D eigenvalue weighted by Crippen LogP contribution is -2.47. The Labute approximate surface area is 158 Å². The van der Waals surface area contributed by atoms with Crippen molar-refractivity contribution in [1.29, 1.82) is 0 Å². The van der Waals surface area contributed by atoms with Crippen LogP contribution in [0.15, 0.2) is 4.99 Å². The third-order valence-electron chi connectivity index (χ3n) is 4.51. The summed E-state index contributed by atoms with van der Waals surface area (Å²) in [6.07, 6.45) is 2.73. The van der Waals surface area contributed by atoms with Crippen molar-refractivity contribution in [2.45, 2.75) is 52.1 Å². The molecule has 1 aliphatic heterocycles. The molecule has 6 nitrogen and oxygen atoms in total. The summed E-state index contributed by atoms with van der Waals surface area (Å²) in [5.74, 6) is 1.07. The second kappa shape index (κ2) is 11.9. The summed E-state index contributed by atoms with van der Waals surface area (Å²) >= 11 is 0. The number of carbonyl (C=O) groups excluding carboxylic acids is 1. The number of rotatable bonds is 7. The van der Waals surface area contributed by atoms with Gasteiger partial charge >= 0.3 is 0 Å². The number of aliphatic imine (C=N–C) groups is 1. The molecular weight excluding hydrogens is 405 g/mol. The third kappa shape index (κ3) is 7.69. The predicted molar refractivity (Wildman–Crippen MR) is 108 cm³/mol. The van der Waals surface area contributed by atoms with Gasteiger partial charge in [-0.3, -0.25) is 9.79 Å². The summed E-state index contributed by atoms with van der Waals surface area (Å²) < 4.78 is 0. The molecule has 1 heterocycles. The standard InChI is InChI=1S/C16H33N5O.HI/c1-6-13(3)20(5)11-9-18-16(17-4)19-14-8-10-21(12-14)15(22)7-2;/h13-14H,6-12H2,1-5H3,(H2,17,18,19);1H. The first-order valence-corrected chi connectivity index (χ1v) is 8.46. The van der Waals surface area contributed by atoms with Gasteiger partial charge in [-0.25, -0.2) is 0 Å². The van der Waals surface area contributed by atoms with Gasteiger partial charge in [0.2, 0.25) is 5.91 Å². The van der Waals surface area contributed by atoms with Crippen LogP contribution >= 0.6 is 24.0 Å². The summed E-state index contributed by atoms with van der Waals surface area (Å²) in [5, 5.41) is 6.78. The van der Waals surface area contributed by atoms with Crippen molar-refractivity contribution < 1.29 is 4.79 Å². The minimum Gasteiger partial charge on any atom is -0.355 e. The van der Waals surface area contributed by atoms with E-state index < -0.39 is 0 Å². The first-order valence-electron chi connectivity index (χ1n) is 8.46. The number of guanidine groups is 1. The molecule has 0 bridgehead atoms. The van der Waals surface area contributed by atoms with Crippen LogP contribution in [-0.2, 0) is 4.79 Å². The maximum atomic E-state index is 11.7. The number of likely N-dealkylation sites (N-methyl/N-ethyl adjacent to an activating group) is 1. The van der Waals surface area contributed by atoms with Gasteiger partial charge in [-0.1, -0.05) is 13.8 Å². The van der Waals surface area contributed by atoms with Crippen LogP contribution in [0.1, 0.15) is 40.0 Å². The van der Waals surface area contributed by atoms with Crippen LogP contribution in [0.4, 0.5) is 0 Å². The van der Waals surface area contributed by atoms with Gasteiger partial charge < -0.3 is 20.4 Å². The van der Waals surface area contributed by atoms with Crippen LogP contribution in [0.3, 0.4) is 0 Å². The van der Waals surface area contributed by atoms with E-state index in [0.717, 1.165) is 45.0 Å². The number of carbonyl (C=O) groups is 1. The first kappa shape index (κ1) is 22.4. The molecule has 0 spiro atoms. The van der Waals surface area contributed by atoms with Crippen molar-refractivity contribution >= 4 is 35.8 Å². The number of nitrogens with one attached hydrogen (secondary N) is 2. The van der Waals surface area contributed by atoms with Gasteiger partial charge in [-0.05, 0) is 26.8 Å². The number of nitrogens with zero attached hydrogens (tertiary/aromatic N) is 3.